The molecular formula is C13H25NS. The molecule has 0 bridgehead atoms. The zero-order valence-electron chi connectivity index (χ0n) is 10.2. The van der Waals surface area contributed by atoms with E-state index in [1.54, 1.807) is 0 Å². The van der Waals surface area contributed by atoms with Gasteiger partial charge in [0.05, 0.1) is 0 Å². The summed E-state index contributed by atoms with van der Waals surface area (Å²) in [5.74, 6) is 2.35. The average molecular weight is 227 g/mol. The molecule has 15 heavy (non-hydrogen) atoms. The topological polar surface area (TPSA) is 12.0 Å². The van der Waals surface area contributed by atoms with Crippen molar-refractivity contribution in [3.63, 3.8) is 0 Å². The second-order valence-electron chi connectivity index (χ2n) is 5.45. The van der Waals surface area contributed by atoms with E-state index in [1.807, 2.05) is 0 Å². The largest absolute Gasteiger partial charge is 0.310 e. The summed E-state index contributed by atoms with van der Waals surface area (Å²) in [6.45, 7) is 4.79. The van der Waals surface area contributed by atoms with Gasteiger partial charge in [0, 0.05) is 17.3 Å². The molecule has 0 aromatic rings. The van der Waals surface area contributed by atoms with Crippen LogP contribution in [-0.2, 0) is 0 Å². The third kappa shape index (κ3) is 3.39. The molecule has 1 heterocycles. The quantitative estimate of drug-likeness (QED) is 0.775. The smallest absolute Gasteiger partial charge is 0.0186 e. The summed E-state index contributed by atoms with van der Waals surface area (Å²) >= 11 is 2.15. The third-order valence-corrected chi connectivity index (χ3v) is 5.45. The first-order valence-electron chi connectivity index (χ1n) is 6.63. The molecule has 1 saturated carbocycles. The van der Waals surface area contributed by atoms with Gasteiger partial charge < -0.3 is 5.32 Å². The first-order valence-corrected chi connectivity index (χ1v) is 7.68. The number of rotatable bonds is 2. The van der Waals surface area contributed by atoms with Crippen LogP contribution in [0.3, 0.4) is 0 Å². The summed E-state index contributed by atoms with van der Waals surface area (Å²) in [6, 6.07) is 1.62. The lowest BCUT2D eigenvalue weighted by molar-refractivity contribution is 0.278. The van der Waals surface area contributed by atoms with Crippen molar-refractivity contribution in [1.82, 2.24) is 5.32 Å². The SMILES string of the molecule is CC1CCC(NC2CCCSC2C)CC1. The van der Waals surface area contributed by atoms with E-state index in [1.165, 1.54) is 44.3 Å². The van der Waals surface area contributed by atoms with Crippen LogP contribution < -0.4 is 5.32 Å². The Morgan fingerprint density at radius 3 is 2.40 bits per heavy atom. The zero-order chi connectivity index (χ0) is 10.7. The Labute approximate surface area is 98.8 Å². The van der Waals surface area contributed by atoms with Gasteiger partial charge in [-0.3, -0.25) is 0 Å². The average Bonchev–Trinajstić information content (AvgIpc) is 2.25. The molecule has 1 aliphatic carbocycles. The van der Waals surface area contributed by atoms with Crippen LogP contribution in [0, 0.1) is 5.92 Å². The second kappa shape index (κ2) is 5.58. The molecular weight excluding hydrogens is 202 g/mol. The summed E-state index contributed by atoms with van der Waals surface area (Å²) in [5, 5.41) is 4.74. The van der Waals surface area contributed by atoms with Crippen molar-refractivity contribution in [2.24, 2.45) is 5.92 Å². The van der Waals surface area contributed by atoms with E-state index in [9.17, 15) is 0 Å². The minimum absolute atomic E-state index is 0.794. The Morgan fingerprint density at radius 1 is 1.00 bits per heavy atom. The molecule has 1 nitrogen and oxygen atoms in total. The van der Waals surface area contributed by atoms with Crippen LogP contribution in [-0.4, -0.2) is 23.1 Å². The van der Waals surface area contributed by atoms with Crippen molar-refractivity contribution < 1.29 is 0 Å². The van der Waals surface area contributed by atoms with E-state index >= 15 is 0 Å². The van der Waals surface area contributed by atoms with Crippen molar-refractivity contribution in [3.05, 3.63) is 0 Å². The lowest BCUT2D eigenvalue weighted by Crippen LogP contribution is -2.46. The van der Waals surface area contributed by atoms with E-state index in [-0.39, 0.29) is 0 Å². The number of nitrogens with one attached hydrogen (secondary N) is 1. The highest BCUT2D eigenvalue weighted by Crippen LogP contribution is 2.28. The molecule has 2 heteroatoms. The van der Waals surface area contributed by atoms with E-state index in [0.29, 0.717) is 0 Å². The van der Waals surface area contributed by atoms with Crippen LogP contribution in [0.25, 0.3) is 0 Å². The number of thioether (sulfide) groups is 1. The molecule has 2 rings (SSSR count). The lowest BCUT2D eigenvalue weighted by Gasteiger charge is -2.35. The van der Waals surface area contributed by atoms with Crippen molar-refractivity contribution in [2.45, 2.75) is 69.7 Å². The molecule has 2 fully saturated rings. The Bertz CT molecular complexity index is 187. The molecule has 0 aromatic heterocycles. The van der Waals surface area contributed by atoms with Crippen LogP contribution in [0.5, 0.6) is 0 Å². The Balaban J connectivity index is 1.75. The highest BCUT2D eigenvalue weighted by molar-refractivity contribution is 7.99. The molecule has 0 amide bonds. The molecule has 2 unspecified atom stereocenters. The summed E-state index contributed by atoms with van der Waals surface area (Å²) in [7, 11) is 0. The van der Waals surface area contributed by atoms with E-state index in [4.69, 9.17) is 0 Å². The summed E-state index contributed by atoms with van der Waals surface area (Å²) < 4.78 is 0. The number of hydrogen-bond donors (Lipinski definition) is 1. The minimum atomic E-state index is 0.794. The highest BCUT2D eigenvalue weighted by atomic mass is 32.2. The van der Waals surface area contributed by atoms with Crippen molar-refractivity contribution >= 4 is 11.8 Å². The van der Waals surface area contributed by atoms with Gasteiger partial charge in [0.1, 0.15) is 0 Å². The molecule has 1 N–H and O–H groups in total. The first-order chi connectivity index (χ1) is 7.25. The predicted octanol–water partition coefficient (Wildman–Crippen LogP) is 3.44. The second-order valence-corrected chi connectivity index (χ2v) is 6.93. The number of hydrogen-bond acceptors (Lipinski definition) is 2. The Hall–Kier alpha value is 0.310. The maximum atomic E-state index is 3.91. The summed E-state index contributed by atoms with van der Waals surface area (Å²) in [5.41, 5.74) is 0. The molecule has 1 saturated heterocycles. The summed E-state index contributed by atoms with van der Waals surface area (Å²) in [4.78, 5) is 0. The normalized spacial score (nSPS) is 42.8. The van der Waals surface area contributed by atoms with Crippen molar-refractivity contribution in [2.75, 3.05) is 5.75 Å². The molecule has 0 radical (unpaired) electrons. The minimum Gasteiger partial charge on any atom is -0.310 e. The molecule has 2 aliphatic rings. The van der Waals surface area contributed by atoms with Crippen LogP contribution in [0.2, 0.25) is 0 Å². The van der Waals surface area contributed by atoms with E-state index < -0.39 is 0 Å². The van der Waals surface area contributed by atoms with Crippen LogP contribution in [0.15, 0.2) is 0 Å². The maximum absolute atomic E-state index is 3.91. The Morgan fingerprint density at radius 2 is 1.73 bits per heavy atom. The van der Waals surface area contributed by atoms with Crippen molar-refractivity contribution in [1.29, 1.82) is 0 Å². The molecule has 88 valence electrons. The van der Waals surface area contributed by atoms with Gasteiger partial charge in [-0.05, 0) is 50.2 Å². The standard InChI is InChI=1S/C13H25NS/c1-10-5-7-12(8-6-10)14-13-4-3-9-15-11(13)2/h10-14H,3-9H2,1-2H3. The third-order valence-electron chi connectivity index (χ3n) is 4.07. The van der Waals surface area contributed by atoms with Gasteiger partial charge in [-0.15, -0.1) is 0 Å². The first kappa shape index (κ1) is 11.8. The van der Waals surface area contributed by atoms with Gasteiger partial charge in [-0.25, -0.2) is 0 Å². The van der Waals surface area contributed by atoms with Crippen LogP contribution in [0.4, 0.5) is 0 Å². The van der Waals surface area contributed by atoms with Gasteiger partial charge in [0.25, 0.3) is 0 Å². The van der Waals surface area contributed by atoms with E-state index in [2.05, 4.69) is 30.9 Å². The highest BCUT2D eigenvalue weighted by Gasteiger charge is 2.26. The predicted molar refractivity (Wildman–Crippen MR) is 69.5 cm³/mol. The van der Waals surface area contributed by atoms with Crippen LogP contribution in [0.1, 0.15) is 52.4 Å². The molecule has 2 atom stereocenters. The fourth-order valence-electron chi connectivity index (χ4n) is 2.87. The van der Waals surface area contributed by atoms with Gasteiger partial charge in [-0.2, -0.15) is 11.8 Å². The molecule has 0 aromatic carbocycles. The maximum Gasteiger partial charge on any atom is 0.0186 e. The van der Waals surface area contributed by atoms with Gasteiger partial charge in [0.2, 0.25) is 0 Å². The van der Waals surface area contributed by atoms with Crippen LogP contribution >= 0.6 is 11.8 Å². The summed E-state index contributed by atoms with van der Waals surface area (Å²) in [6.07, 6.45) is 8.51. The lowest BCUT2D eigenvalue weighted by atomic mass is 9.87. The van der Waals surface area contributed by atoms with E-state index in [0.717, 1.165) is 23.3 Å². The monoisotopic (exact) mass is 227 g/mol. The fraction of sp³-hybridized carbons (Fsp3) is 1.00. The molecule has 0 spiro atoms. The van der Waals surface area contributed by atoms with Gasteiger partial charge >= 0.3 is 0 Å². The Kier molecular flexibility index (Phi) is 4.39. The zero-order valence-corrected chi connectivity index (χ0v) is 11.0. The van der Waals surface area contributed by atoms with Crippen molar-refractivity contribution in [3.8, 4) is 0 Å². The fourth-order valence-corrected chi connectivity index (χ4v) is 4.02. The van der Waals surface area contributed by atoms with Gasteiger partial charge in [0.15, 0.2) is 0 Å². The molecule has 1 aliphatic heterocycles. The van der Waals surface area contributed by atoms with Gasteiger partial charge in [-0.1, -0.05) is 13.8 Å².